The molecule has 0 saturated carbocycles. The number of nitrogens with one attached hydrogen (secondary N) is 1. The summed E-state index contributed by atoms with van der Waals surface area (Å²) in [7, 11) is 0. The standard InChI is InChI=1S/C15H16FN7S/c16-9-2-1-5-23(7-9)15-21-10-3-4-18-14(13(10)24-15)22-12-6-11(17)19-8-20-12/h3-4,6,8-9H,1-2,5,7H2,(H3,17,18,19,20,22)/t9-/m0/s1. The van der Waals surface area contributed by atoms with Gasteiger partial charge >= 0.3 is 0 Å². The molecule has 1 aliphatic rings. The van der Waals surface area contributed by atoms with Crippen LogP contribution in [0.4, 0.5) is 27.0 Å². The van der Waals surface area contributed by atoms with E-state index in [4.69, 9.17) is 5.73 Å². The molecule has 0 radical (unpaired) electrons. The molecule has 1 saturated heterocycles. The molecule has 124 valence electrons. The molecule has 4 heterocycles. The number of halogens is 1. The minimum atomic E-state index is -0.787. The Morgan fingerprint density at radius 2 is 2.25 bits per heavy atom. The van der Waals surface area contributed by atoms with Crippen molar-refractivity contribution in [3.05, 3.63) is 24.7 Å². The van der Waals surface area contributed by atoms with Gasteiger partial charge in [0, 0.05) is 18.8 Å². The van der Waals surface area contributed by atoms with Crippen molar-refractivity contribution < 1.29 is 4.39 Å². The monoisotopic (exact) mass is 345 g/mol. The van der Waals surface area contributed by atoms with Gasteiger partial charge in [-0.25, -0.2) is 24.3 Å². The number of hydrogen-bond donors (Lipinski definition) is 2. The van der Waals surface area contributed by atoms with Gasteiger partial charge in [-0.05, 0) is 18.9 Å². The summed E-state index contributed by atoms with van der Waals surface area (Å²) in [6.07, 6.45) is 3.77. The number of pyridine rings is 1. The van der Waals surface area contributed by atoms with E-state index in [1.807, 2.05) is 11.0 Å². The second-order valence-electron chi connectivity index (χ2n) is 5.64. The normalized spacial score (nSPS) is 18.0. The van der Waals surface area contributed by atoms with E-state index in [-0.39, 0.29) is 0 Å². The Bertz CT molecular complexity index is 868. The van der Waals surface area contributed by atoms with Crippen LogP contribution in [-0.4, -0.2) is 39.2 Å². The Labute approximate surface area is 141 Å². The van der Waals surface area contributed by atoms with Gasteiger partial charge < -0.3 is 16.0 Å². The SMILES string of the molecule is Nc1cc(Nc2nccc3nc(N4CCC[C@H](F)C4)sc23)ncn1. The number of fused-ring (bicyclic) bond motifs is 1. The van der Waals surface area contributed by atoms with Gasteiger partial charge in [-0.2, -0.15) is 0 Å². The van der Waals surface area contributed by atoms with E-state index >= 15 is 0 Å². The first-order chi connectivity index (χ1) is 11.7. The third kappa shape index (κ3) is 2.94. The predicted molar refractivity (Wildman–Crippen MR) is 93.5 cm³/mol. The first-order valence-corrected chi connectivity index (χ1v) is 8.50. The van der Waals surface area contributed by atoms with Gasteiger partial charge in [-0.1, -0.05) is 11.3 Å². The lowest BCUT2D eigenvalue weighted by molar-refractivity contribution is 0.287. The molecular formula is C15H16FN7S. The summed E-state index contributed by atoms with van der Waals surface area (Å²) in [6, 6.07) is 3.49. The van der Waals surface area contributed by atoms with E-state index < -0.39 is 6.17 Å². The minimum Gasteiger partial charge on any atom is -0.384 e. The fourth-order valence-corrected chi connectivity index (χ4v) is 3.77. The number of rotatable bonds is 3. The summed E-state index contributed by atoms with van der Waals surface area (Å²) in [4.78, 5) is 19.0. The Hall–Kier alpha value is -2.55. The van der Waals surface area contributed by atoms with E-state index in [1.165, 1.54) is 17.7 Å². The Morgan fingerprint density at radius 1 is 1.33 bits per heavy atom. The van der Waals surface area contributed by atoms with Gasteiger partial charge in [-0.3, -0.25) is 0 Å². The molecule has 0 unspecified atom stereocenters. The highest BCUT2D eigenvalue weighted by Gasteiger charge is 2.22. The summed E-state index contributed by atoms with van der Waals surface area (Å²) < 4.78 is 14.6. The van der Waals surface area contributed by atoms with Crippen LogP contribution in [-0.2, 0) is 0 Å². The van der Waals surface area contributed by atoms with Gasteiger partial charge in [0.2, 0.25) is 0 Å². The number of alkyl halides is 1. The number of nitrogens with two attached hydrogens (primary N) is 1. The summed E-state index contributed by atoms with van der Waals surface area (Å²) in [6.45, 7) is 1.23. The summed E-state index contributed by atoms with van der Waals surface area (Å²) in [5, 5.41) is 3.97. The zero-order chi connectivity index (χ0) is 16.5. The molecular weight excluding hydrogens is 329 g/mol. The van der Waals surface area contributed by atoms with Crippen molar-refractivity contribution >= 4 is 44.1 Å². The van der Waals surface area contributed by atoms with E-state index in [2.05, 4.69) is 25.3 Å². The smallest absolute Gasteiger partial charge is 0.186 e. The molecule has 0 amide bonds. The molecule has 7 nitrogen and oxygen atoms in total. The van der Waals surface area contributed by atoms with Crippen LogP contribution >= 0.6 is 11.3 Å². The van der Waals surface area contributed by atoms with Crippen LogP contribution in [0.3, 0.4) is 0 Å². The van der Waals surface area contributed by atoms with Gasteiger partial charge in [0.15, 0.2) is 10.9 Å². The number of piperidine rings is 1. The van der Waals surface area contributed by atoms with Crippen molar-refractivity contribution in [1.82, 2.24) is 19.9 Å². The number of nitrogens with zero attached hydrogens (tertiary/aromatic N) is 5. The highest BCUT2D eigenvalue weighted by molar-refractivity contribution is 7.22. The van der Waals surface area contributed by atoms with E-state index in [0.717, 1.165) is 28.3 Å². The molecule has 9 heteroatoms. The topological polar surface area (TPSA) is 92.8 Å². The van der Waals surface area contributed by atoms with Crippen LogP contribution in [0.25, 0.3) is 10.2 Å². The lowest BCUT2D eigenvalue weighted by Crippen LogP contribution is -2.36. The predicted octanol–water partition coefficient (Wildman–Crippen LogP) is 2.75. The van der Waals surface area contributed by atoms with Gasteiger partial charge in [0.1, 0.15) is 24.1 Å². The fraction of sp³-hybridized carbons (Fsp3) is 0.333. The second-order valence-corrected chi connectivity index (χ2v) is 6.62. The highest BCUT2D eigenvalue weighted by atomic mass is 32.1. The fourth-order valence-electron chi connectivity index (χ4n) is 2.73. The number of thiazole rings is 1. The van der Waals surface area contributed by atoms with Crippen LogP contribution in [0.15, 0.2) is 24.7 Å². The molecule has 3 aromatic heterocycles. The third-order valence-electron chi connectivity index (χ3n) is 3.86. The molecule has 3 aromatic rings. The molecule has 0 aromatic carbocycles. The minimum absolute atomic E-state index is 0.381. The zero-order valence-electron chi connectivity index (χ0n) is 12.8. The van der Waals surface area contributed by atoms with Gasteiger partial charge in [0.05, 0.1) is 16.8 Å². The molecule has 4 rings (SSSR count). The molecule has 0 bridgehead atoms. The van der Waals surface area contributed by atoms with Gasteiger partial charge in [-0.15, -0.1) is 0 Å². The van der Waals surface area contributed by atoms with Crippen LogP contribution in [0.2, 0.25) is 0 Å². The van der Waals surface area contributed by atoms with Crippen LogP contribution in [0.5, 0.6) is 0 Å². The molecule has 0 aliphatic carbocycles. The number of aromatic nitrogens is 4. The highest BCUT2D eigenvalue weighted by Crippen LogP contribution is 2.35. The number of hydrogen-bond acceptors (Lipinski definition) is 8. The summed E-state index contributed by atoms with van der Waals surface area (Å²) >= 11 is 1.50. The molecule has 3 N–H and O–H groups in total. The maximum Gasteiger partial charge on any atom is 0.186 e. The summed E-state index contributed by atoms with van der Waals surface area (Å²) in [5.41, 5.74) is 6.51. The Morgan fingerprint density at radius 3 is 3.08 bits per heavy atom. The average molecular weight is 345 g/mol. The van der Waals surface area contributed by atoms with Crippen molar-refractivity contribution in [3.8, 4) is 0 Å². The van der Waals surface area contributed by atoms with E-state index in [1.54, 1.807) is 12.3 Å². The average Bonchev–Trinajstić information content (AvgIpc) is 3.00. The molecule has 1 atom stereocenters. The van der Waals surface area contributed by atoms with Crippen LogP contribution < -0.4 is 16.0 Å². The summed E-state index contributed by atoms with van der Waals surface area (Å²) in [5.74, 6) is 1.61. The third-order valence-corrected chi connectivity index (χ3v) is 5.00. The first-order valence-electron chi connectivity index (χ1n) is 7.68. The van der Waals surface area contributed by atoms with Crippen molar-refractivity contribution in [1.29, 1.82) is 0 Å². The quantitative estimate of drug-likeness (QED) is 0.754. The second kappa shape index (κ2) is 6.16. The molecule has 0 spiro atoms. The lowest BCUT2D eigenvalue weighted by Gasteiger charge is -2.28. The van der Waals surface area contributed by atoms with Crippen molar-refractivity contribution in [2.75, 3.05) is 29.0 Å². The van der Waals surface area contributed by atoms with Gasteiger partial charge in [0.25, 0.3) is 0 Å². The first kappa shape index (κ1) is 15.0. The van der Waals surface area contributed by atoms with E-state index in [0.29, 0.717) is 30.4 Å². The lowest BCUT2D eigenvalue weighted by atomic mass is 10.1. The zero-order valence-corrected chi connectivity index (χ0v) is 13.6. The van der Waals surface area contributed by atoms with E-state index in [9.17, 15) is 4.39 Å². The van der Waals surface area contributed by atoms with Crippen LogP contribution in [0.1, 0.15) is 12.8 Å². The number of nitrogen functional groups attached to an aromatic ring is 1. The Kier molecular flexibility index (Phi) is 3.85. The van der Waals surface area contributed by atoms with Crippen molar-refractivity contribution in [2.24, 2.45) is 0 Å². The number of anilines is 4. The Balaban J connectivity index is 1.67. The maximum absolute atomic E-state index is 13.7. The molecule has 1 aliphatic heterocycles. The largest absolute Gasteiger partial charge is 0.384 e. The van der Waals surface area contributed by atoms with Crippen LogP contribution in [0, 0.1) is 0 Å². The van der Waals surface area contributed by atoms with Crippen molar-refractivity contribution in [2.45, 2.75) is 19.0 Å². The van der Waals surface area contributed by atoms with Crippen molar-refractivity contribution in [3.63, 3.8) is 0 Å². The molecule has 1 fully saturated rings. The maximum atomic E-state index is 13.7. The molecule has 24 heavy (non-hydrogen) atoms.